The smallest absolute Gasteiger partial charge is 0.123 e. The van der Waals surface area contributed by atoms with Crippen LogP contribution < -0.4 is 5.73 Å². The highest BCUT2D eigenvalue weighted by atomic mass is 16.3. The van der Waals surface area contributed by atoms with Gasteiger partial charge in [0, 0.05) is 10.9 Å². The topological polar surface area (TPSA) is 46.2 Å². The third-order valence-electron chi connectivity index (χ3n) is 2.59. The van der Waals surface area contributed by atoms with Crippen LogP contribution in [0, 0.1) is 0 Å². The number of hydrogen-bond acceptors (Lipinski definition) is 2. The number of rotatable bonds is 1. The molecule has 0 aliphatic heterocycles. The van der Waals surface area contributed by atoms with Crippen molar-refractivity contribution in [2.24, 2.45) is 5.73 Å². The van der Waals surface area contributed by atoms with Crippen molar-refractivity contribution >= 4 is 10.8 Å². The van der Waals surface area contributed by atoms with E-state index in [0.717, 1.165) is 16.3 Å². The molecule has 78 valence electrons. The maximum absolute atomic E-state index is 9.72. The zero-order valence-electron chi connectivity index (χ0n) is 8.99. The second-order valence-electron chi connectivity index (χ2n) is 4.40. The van der Waals surface area contributed by atoms with E-state index in [0.29, 0.717) is 5.75 Å². The standard InChI is InChI=1S/C13H15NO/c1-13(2,14)11-7-3-6-10-9(11)5-4-8-12(10)15/h3-8,15H,14H2,1-2H3. The van der Waals surface area contributed by atoms with Crippen LogP contribution in [-0.4, -0.2) is 5.11 Å². The van der Waals surface area contributed by atoms with Gasteiger partial charge in [-0.05, 0) is 30.9 Å². The Labute approximate surface area is 89.3 Å². The monoisotopic (exact) mass is 201 g/mol. The van der Waals surface area contributed by atoms with E-state index in [2.05, 4.69) is 0 Å². The van der Waals surface area contributed by atoms with Crippen molar-refractivity contribution in [3.8, 4) is 5.75 Å². The van der Waals surface area contributed by atoms with Gasteiger partial charge in [-0.15, -0.1) is 0 Å². The average molecular weight is 201 g/mol. The van der Waals surface area contributed by atoms with Crippen LogP contribution in [0.5, 0.6) is 5.75 Å². The van der Waals surface area contributed by atoms with E-state index in [9.17, 15) is 5.11 Å². The van der Waals surface area contributed by atoms with Gasteiger partial charge < -0.3 is 10.8 Å². The number of nitrogens with two attached hydrogens (primary N) is 1. The molecule has 0 spiro atoms. The number of hydrogen-bond donors (Lipinski definition) is 2. The molecular weight excluding hydrogens is 186 g/mol. The molecule has 0 aliphatic carbocycles. The minimum absolute atomic E-state index is 0.304. The van der Waals surface area contributed by atoms with Crippen LogP contribution in [0.4, 0.5) is 0 Å². The van der Waals surface area contributed by atoms with Crippen LogP contribution in [0.1, 0.15) is 19.4 Å². The molecule has 2 rings (SSSR count). The van der Waals surface area contributed by atoms with Crippen LogP contribution in [0.25, 0.3) is 10.8 Å². The summed E-state index contributed by atoms with van der Waals surface area (Å²) in [6.45, 7) is 3.93. The molecule has 0 fully saturated rings. The number of aromatic hydroxyl groups is 1. The molecular formula is C13H15NO. The van der Waals surface area contributed by atoms with E-state index in [4.69, 9.17) is 5.73 Å². The van der Waals surface area contributed by atoms with Crippen molar-refractivity contribution in [2.45, 2.75) is 19.4 Å². The Balaban J connectivity index is 2.83. The largest absolute Gasteiger partial charge is 0.507 e. The lowest BCUT2D eigenvalue weighted by molar-refractivity contribution is 0.481. The van der Waals surface area contributed by atoms with Gasteiger partial charge in [0.15, 0.2) is 0 Å². The molecule has 0 unspecified atom stereocenters. The normalized spacial score (nSPS) is 11.9. The predicted octanol–water partition coefficient (Wildman–Crippen LogP) is 2.74. The third kappa shape index (κ3) is 1.68. The second-order valence-corrected chi connectivity index (χ2v) is 4.40. The minimum Gasteiger partial charge on any atom is -0.507 e. The highest BCUT2D eigenvalue weighted by Crippen LogP contribution is 2.31. The summed E-state index contributed by atoms with van der Waals surface area (Å²) in [4.78, 5) is 0. The number of fused-ring (bicyclic) bond motifs is 1. The Morgan fingerprint density at radius 2 is 1.60 bits per heavy atom. The SMILES string of the molecule is CC(C)(N)c1cccc2c(O)cccc12. The Bertz CT molecular complexity index is 497. The lowest BCUT2D eigenvalue weighted by Gasteiger charge is -2.21. The molecule has 2 aromatic rings. The fourth-order valence-electron chi connectivity index (χ4n) is 1.86. The molecule has 2 nitrogen and oxygen atoms in total. The summed E-state index contributed by atoms with van der Waals surface area (Å²) >= 11 is 0. The molecule has 0 atom stereocenters. The molecule has 0 bridgehead atoms. The quantitative estimate of drug-likeness (QED) is 0.745. The Morgan fingerprint density at radius 1 is 1.00 bits per heavy atom. The summed E-state index contributed by atoms with van der Waals surface area (Å²) in [7, 11) is 0. The van der Waals surface area contributed by atoms with Crippen molar-refractivity contribution in [3.05, 3.63) is 42.0 Å². The molecule has 0 saturated heterocycles. The third-order valence-corrected chi connectivity index (χ3v) is 2.59. The first-order valence-electron chi connectivity index (χ1n) is 5.00. The average Bonchev–Trinajstić information content (AvgIpc) is 2.16. The highest BCUT2D eigenvalue weighted by molar-refractivity contribution is 5.91. The van der Waals surface area contributed by atoms with E-state index in [1.165, 1.54) is 0 Å². The molecule has 2 aromatic carbocycles. The maximum atomic E-state index is 9.72. The van der Waals surface area contributed by atoms with Gasteiger partial charge in [0.05, 0.1) is 0 Å². The zero-order chi connectivity index (χ0) is 11.1. The number of phenols is 1. The van der Waals surface area contributed by atoms with Gasteiger partial charge in [-0.3, -0.25) is 0 Å². The van der Waals surface area contributed by atoms with E-state index >= 15 is 0 Å². The lowest BCUT2D eigenvalue weighted by Crippen LogP contribution is -2.28. The Morgan fingerprint density at radius 3 is 2.27 bits per heavy atom. The number of phenolic OH excluding ortho intramolecular Hbond substituents is 1. The van der Waals surface area contributed by atoms with Crippen LogP contribution >= 0.6 is 0 Å². The number of benzene rings is 2. The van der Waals surface area contributed by atoms with Gasteiger partial charge in [0.25, 0.3) is 0 Å². The van der Waals surface area contributed by atoms with Crippen molar-refractivity contribution in [1.82, 2.24) is 0 Å². The van der Waals surface area contributed by atoms with Crippen molar-refractivity contribution in [3.63, 3.8) is 0 Å². The lowest BCUT2D eigenvalue weighted by atomic mass is 9.90. The fraction of sp³-hybridized carbons (Fsp3) is 0.231. The summed E-state index contributed by atoms with van der Waals surface area (Å²) in [6.07, 6.45) is 0. The van der Waals surface area contributed by atoms with Gasteiger partial charge in [-0.2, -0.15) is 0 Å². The Hall–Kier alpha value is -1.54. The van der Waals surface area contributed by atoms with Crippen molar-refractivity contribution < 1.29 is 5.11 Å². The van der Waals surface area contributed by atoms with Gasteiger partial charge in [0.1, 0.15) is 5.75 Å². The summed E-state index contributed by atoms with van der Waals surface area (Å²) in [5.74, 6) is 0.304. The van der Waals surface area contributed by atoms with Crippen LogP contribution in [0.15, 0.2) is 36.4 Å². The van der Waals surface area contributed by atoms with E-state index in [-0.39, 0.29) is 0 Å². The highest BCUT2D eigenvalue weighted by Gasteiger charge is 2.17. The van der Waals surface area contributed by atoms with Gasteiger partial charge in [0.2, 0.25) is 0 Å². The summed E-state index contributed by atoms with van der Waals surface area (Å²) in [5.41, 5.74) is 6.75. The zero-order valence-corrected chi connectivity index (χ0v) is 8.99. The predicted molar refractivity (Wildman–Crippen MR) is 62.8 cm³/mol. The van der Waals surface area contributed by atoms with Crippen LogP contribution in [-0.2, 0) is 5.54 Å². The first-order chi connectivity index (χ1) is 7.00. The van der Waals surface area contributed by atoms with E-state index in [1.807, 2.05) is 44.2 Å². The molecule has 2 heteroatoms. The summed E-state index contributed by atoms with van der Waals surface area (Å²) in [5, 5.41) is 11.6. The molecule has 0 saturated carbocycles. The van der Waals surface area contributed by atoms with Gasteiger partial charge in [-0.25, -0.2) is 0 Å². The maximum Gasteiger partial charge on any atom is 0.123 e. The molecule has 0 amide bonds. The van der Waals surface area contributed by atoms with Gasteiger partial charge >= 0.3 is 0 Å². The Kier molecular flexibility index (Phi) is 2.16. The summed E-state index contributed by atoms with van der Waals surface area (Å²) in [6, 6.07) is 11.3. The first-order valence-corrected chi connectivity index (χ1v) is 5.00. The van der Waals surface area contributed by atoms with Gasteiger partial charge in [-0.1, -0.05) is 30.3 Å². The molecule has 0 aliphatic rings. The van der Waals surface area contributed by atoms with Crippen molar-refractivity contribution in [1.29, 1.82) is 0 Å². The minimum atomic E-state index is -0.396. The molecule has 0 heterocycles. The first kappa shape index (κ1) is 9.99. The molecule has 3 N–H and O–H groups in total. The molecule has 0 radical (unpaired) electrons. The summed E-state index contributed by atoms with van der Waals surface area (Å²) < 4.78 is 0. The molecule has 15 heavy (non-hydrogen) atoms. The van der Waals surface area contributed by atoms with Crippen molar-refractivity contribution in [2.75, 3.05) is 0 Å². The second kappa shape index (κ2) is 3.24. The van der Waals surface area contributed by atoms with E-state index in [1.54, 1.807) is 6.07 Å². The fourth-order valence-corrected chi connectivity index (χ4v) is 1.86. The van der Waals surface area contributed by atoms with Crippen LogP contribution in [0.3, 0.4) is 0 Å². The van der Waals surface area contributed by atoms with Crippen LogP contribution in [0.2, 0.25) is 0 Å². The molecule has 0 aromatic heterocycles. The van der Waals surface area contributed by atoms with E-state index < -0.39 is 5.54 Å².